The third-order valence-corrected chi connectivity index (χ3v) is 1.65. The first-order chi connectivity index (χ1) is 6.67. The monoisotopic (exact) mass is 183 g/mol. The van der Waals surface area contributed by atoms with E-state index in [1.165, 1.54) is 6.92 Å². The highest BCUT2D eigenvalue weighted by Gasteiger charge is 2.02. The number of hydrogen-bond acceptors (Lipinski definition) is 1. The predicted molar refractivity (Wildman–Crippen MR) is 56.6 cm³/mol. The van der Waals surface area contributed by atoms with Gasteiger partial charge in [-0.1, -0.05) is 11.8 Å². The summed E-state index contributed by atoms with van der Waals surface area (Å²) in [7, 11) is 0. The Morgan fingerprint density at radius 2 is 2.07 bits per heavy atom. The Morgan fingerprint density at radius 3 is 2.57 bits per heavy atom. The Hall–Kier alpha value is -2.19. The third-order valence-electron chi connectivity index (χ3n) is 1.65. The molecule has 1 aromatic rings. The smallest absolute Gasteiger partial charge is 0.221 e. The fourth-order valence-electron chi connectivity index (χ4n) is 1.05. The van der Waals surface area contributed by atoms with E-state index in [-0.39, 0.29) is 5.91 Å². The molecule has 0 fully saturated rings. The number of carbonyl (C=O) groups excluding carboxylic acids is 1. The minimum Gasteiger partial charge on any atom is -0.325 e. The van der Waals surface area contributed by atoms with Gasteiger partial charge in [0.05, 0.1) is 5.69 Å². The summed E-state index contributed by atoms with van der Waals surface area (Å²) in [5, 5.41) is 2.62. The van der Waals surface area contributed by atoms with Gasteiger partial charge in [-0.3, -0.25) is 4.79 Å². The molecule has 14 heavy (non-hydrogen) atoms. The molecule has 1 N–H and O–H groups in total. The van der Waals surface area contributed by atoms with E-state index in [1.54, 1.807) is 18.2 Å². The minimum atomic E-state index is -0.171. The van der Waals surface area contributed by atoms with Gasteiger partial charge in [-0.05, 0) is 18.2 Å². The molecule has 0 aliphatic heterocycles. The molecule has 0 saturated heterocycles. The second kappa shape index (κ2) is 4.16. The van der Waals surface area contributed by atoms with Crippen molar-refractivity contribution in [3.05, 3.63) is 29.3 Å². The molecule has 0 aliphatic rings. The molecule has 0 bridgehead atoms. The van der Waals surface area contributed by atoms with Crippen molar-refractivity contribution in [3.63, 3.8) is 0 Å². The molecule has 0 unspecified atom stereocenters. The Morgan fingerprint density at radius 1 is 1.36 bits per heavy atom. The summed E-state index contributed by atoms with van der Waals surface area (Å²) in [6, 6.07) is 5.12. The van der Waals surface area contributed by atoms with Crippen molar-refractivity contribution >= 4 is 11.6 Å². The van der Waals surface area contributed by atoms with E-state index in [0.29, 0.717) is 16.8 Å². The SMILES string of the molecule is C#Cc1ccc(C#C)c(NC(C)=O)c1. The fourth-order valence-corrected chi connectivity index (χ4v) is 1.05. The van der Waals surface area contributed by atoms with Crippen LogP contribution < -0.4 is 5.32 Å². The van der Waals surface area contributed by atoms with Crippen LogP contribution in [0.3, 0.4) is 0 Å². The average molecular weight is 183 g/mol. The number of benzene rings is 1. The predicted octanol–water partition coefficient (Wildman–Crippen LogP) is 1.61. The summed E-state index contributed by atoms with van der Waals surface area (Å²) >= 11 is 0. The number of hydrogen-bond donors (Lipinski definition) is 1. The van der Waals surface area contributed by atoms with Gasteiger partial charge in [0.2, 0.25) is 5.91 Å². The molecule has 0 aliphatic carbocycles. The van der Waals surface area contributed by atoms with E-state index in [4.69, 9.17) is 12.8 Å². The standard InChI is InChI=1S/C12H9NO/c1-4-10-6-7-11(5-2)12(8-10)13-9(3)14/h1-2,6-8H,3H3,(H,13,14). The second-order valence-electron chi connectivity index (χ2n) is 2.73. The molecular weight excluding hydrogens is 174 g/mol. The van der Waals surface area contributed by atoms with E-state index >= 15 is 0 Å². The Labute approximate surface area is 83.3 Å². The fraction of sp³-hybridized carbons (Fsp3) is 0.0833. The van der Waals surface area contributed by atoms with E-state index in [0.717, 1.165) is 0 Å². The maximum absolute atomic E-state index is 10.8. The van der Waals surface area contributed by atoms with Crippen LogP contribution in [0.4, 0.5) is 5.69 Å². The minimum absolute atomic E-state index is 0.171. The number of nitrogens with one attached hydrogen (secondary N) is 1. The zero-order valence-corrected chi connectivity index (χ0v) is 7.79. The van der Waals surface area contributed by atoms with Crippen molar-refractivity contribution < 1.29 is 4.79 Å². The average Bonchev–Trinajstić information content (AvgIpc) is 2.16. The first-order valence-electron chi connectivity index (χ1n) is 4.02. The molecule has 0 atom stereocenters. The lowest BCUT2D eigenvalue weighted by Crippen LogP contribution is -2.07. The molecule has 1 rings (SSSR count). The number of rotatable bonds is 1. The molecular formula is C12H9NO. The summed E-state index contributed by atoms with van der Waals surface area (Å²) in [5.74, 6) is 4.77. The van der Waals surface area contributed by atoms with Crippen molar-refractivity contribution in [3.8, 4) is 24.7 Å². The summed E-state index contributed by atoms with van der Waals surface area (Å²) in [6.07, 6.45) is 10.5. The Bertz CT molecular complexity index is 446. The van der Waals surface area contributed by atoms with Gasteiger partial charge in [-0.15, -0.1) is 12.8 Å². The third kappa shape index (κ3) is 2.15. The quantitative estimate of drug-likeness (QED) is 0.658. The van der Waals surface area contributed by atoms with Gasteiger partial charge in [0.25, 0.3) is 0 Å². The number of amides is 1. The maximum Gasteiger partial charge on any atom is 0.221 e. The lowest BCUT2D eigenvalue weighted by Gasteiger charge is -2.05. The van der Waals surface area contributed by atoms with E-state index in [9.17, 15) is 4.79 Å². The largest absolute Gasteiger partial charge is 0.325 e. The zero-order chi connectivity index (χ0) is 10.6. The van der Waals surface area contributed by atoms with Crippen LogP contribution in [0.15, 0.2) is 18.2 Å². The van der Waals surface area contributed by atoms with Crippen LogP contribution in [-0.4, -0.2) is 5.91 Å². The van der Waals surface area contributed by atoms with Gasteiger partial charge in [-0.25, -0.2) is 0 Å². The first-order valence-corrected chi connectivity index (χ1v) is 4.02. The van der Waals surface area contributed by atoms with Crippen LogP contribution >= 0.6 is 0 Å². The van der Waals surface area contributed by atoms with Gasteiger partial charge >= 0.3 is 0 Å². The lowest BCUT2D eigenvalue weighted by atomic mass is 10.1. The van der Waals surface area contributed by atoms with Crippen LogP contribution in [-0.2, 0) is 4.79 Å². The van der Waals surface area contributed by atoms with Crippen molar-refractivity contribution in [1.82, 2.24) is 0 Å². The highest BCUT2D eigenvalue weighted by Crippen LogP contribution is 2.16. The number of terminal acetylenes is 2. The van der Waals surface area contributed by atoms with Crippen LogP contribution in [0.1, 0.15) is 18.1 Å². The molecule has 0 heterocycles. The van der Waals surface area contributed by atoms with Crippen LogP contribution in [0.2, 0.25) is 0 Å². The highest BCUT2D eigenvalue weighted by atomic mass is 16.1. The van der Waals surface area contributed by atoms with Gasteiger partial charge < -0.3 is 5.32 Å². The normalized spacial score (nSPS) is 8.50. The van der Waals surface area contributed by atoms with E-state index in [2.05, 4.69) is 17.2 Å². The summed E-state index contributed by atoms with van der Waals surface area (Å²) in [5.41, 5.74) is 1.89. The second-order valence-corrected chi connectivity index (χ2v) is 2.73. The summed E-state index contributed by atoms with van der Waals surface area (Å²) in [6.45, 7) is 1.42. The van der Waals surface area contributed by atoms with Crippen molar-refractivity contribution in [2.75, 3.05) is 5.32 Å². The lowest BCUT2D eigenvalue weighted by molar-refractivity contribution is -0.114. The molecule has 1 aromatic carbocycles. The molecule has 2 heteroatoms. The molecule has 0 saturated carbocycles. The molecule has 68 valence electrons. The Balaban J connectivity index is 3.18. The topological polar surface area (TPSA) is 29.1 Å². The maximum atomic E-state index is 10.8. The molecule has 2 nitrogen and oxygen atoms in total. The first kappa shape index (κ1) is 9.89. The van der Waals surface area contributed by atoms with Crippen molar-refractivity contribution in [2.24, 2.45) is 0 Å². The summed E-state index contributed by atoms with van der Waals surface area (Å²) in [4.78, 5) is 10.8. The van der Waals surface area contributed by atoms with Gasteiger partial charge in [0.15, 0.2) is 0 Å². The molecule has 0 aromatic heterocycles. The number of anilines is 1. The van der Waals surface area contributed by atoms with Gasteiger partial charge in [0.1, 0.15) is 0 Å². The molecule has 1 amide bonds. The zero-order valence-electron chi connectivity index (χ0n) is 7.79. The summed E-state index contributed by atoms with van der Waals surface area (Å²) < 4.78 is 0. The van der Waals surface area contributed by atoms with Crippen molar-refractivity contribution in [1.29, 1.82) is 0 Å². The van der Waals surface area contributed by atoms with E-state index in [1.807, 2.05) is 0 Å². The molecule has 0 spiro atoms. The molecule has 0 radical (unpaired) electrons. The number of carbonyl (C=O) groups is 1. The van der Waals surface area contributed by atoms with Crippen LogP contribution in [0.5, 0.6) is 0 Å². The van der Waals surface area contributed by atoms with Gasteiger partial charge in [-0.2, -0.15) is 0 Å². The van der Waals surface area contributed by atoms with Crippen LogP contribution in [0.25, 0.3) is 0 Å². The van der Waals surface area contributed by atoms with Crippen molar-refractivity contribution in [2.45, 2.75) is 6.92 Å². The highest BCUT2D eigenvalue weighted by molar-refractivity contribution is 5.90. The Kier molecular flexibility index (Phi) is 2.94. The van der Waals surface area contributed by atoms with E-state index < -0.39 is 0 Å². The van der Waals surface area contributed by atoms with Crippen LogP contribution in [0, 0.1) is 24.7 Å². The van der Waals surface area contributed by atoms with Gasteiger partial charge in [0, 0.05) is 18.1 Å².